The number of halogens is 4. The van der Waals surface area contributed by atoms with Gasteiger partial charge in [0.05, 0.1) is 10.5 Å². The van der Waals surface area contributed by atoms with Gasteiger partial charge in [-0.3, -0.25) is 4.57 Å². The zero-order valence-electron chi connectivity index (χ0n) is 19.5. The van der Waals surface area contributed by atoms with Gasteiger partial charge in [-0.05, 0) is 48.5 Å². The van der Waals surface area contributed by atoms with E-state index in [1.807, 2.05) is 0 Å². The molecule has 0 saturated carbocycles. The lowest BCUT2D eigenvalue weighted by atomic mass is 10.2. The second-order valence-electron chi connectivity index (χ2n) is 8.33. The number of hydrogen-bond donors (Lipinski definition) is 1. The quantitative estimate of drug-likeness (QED) is 0.365. The van der Waals surface area contributed by atoms with E-state index in [0.717, 1.165) is 24.3 Å². The van der Waals surface area contributed by atoms with Crippen molar-refractivity contribution in [2.75, 3.05) is 36.4 Å². The van der Waals surface area contributed by atoms with Gasteiger partial charge < -0.3 is 10.2 Å². The number of rotatable bonds is 6. The Kier molecular flexibility index (Phi) is 6.71. The molecule has 2 aromatic carbocycles. The van der Waals surface area contributed by atoms with Crippen LogP contribution in [0, 0.1) is 5.82 Å². The van der Waals surface area contributed by atoms with E-state index in [1.165, 1.54) is 29.1 Å². The predicted octanol–water partition coefficient (Wildman–Crippen LogP) is 3.47. The lowest BCUT2D eigenvalue weighted by Gasteiger charge is -2.34. The van der Waals surface area contributed by atoms with E-state index < -0.39 is 21.8 Å². The van der Waals surface area contributed by atoms with Crippen molar-refractivity contribution < 1.29 is 26.0 Å². The minimum Gasteiger partial charge on any atom is -0.340 e. The molecular formula is C23H20F4N8O2S. The van der Waals surface area contributed by atoms with Gasteiger partial charge in [-0.1, -0.05) is 0 Å². The molecule has 1 saturated heterocycles. The zero-order valence-corrected chi connectivity index (χ0v) is 20.4. The van der Waals surface area contributed by atoms with Gasteiger partial charge in [0.2, 0.25) is 16.0 Å². The van der Waals surface area contributed by atoms with Gasteiger partial charge in [-0.15, -0.1) is 10.2 Å². The fourth-order valence-electron chi connectivity index (χ4n) is 3.85. The second-order valence-corrected chi connectivity index (χ2v) is 10.3. The number of sulfonamides is 1. The summed E-state index contributed by atoms with van der Waals surface area (Å²) in [5, 5.41) is 10.7. The van der Waals surface area contributed by atoms with Crippen molar-refractivity contribution in [2.45, 2.75) is 11.1 Å². The molecule has 1 aliphatic heterocycles. The van der Waals surface area contributed by atoms with Crippen molar-refractivity contribution in [1.82, 2.24) is 29.0 Å². The number of piperazine rings is 1. The normalized spacial score (nSPS) is 15.0. The Labute approximate surface area is 214 Å². The van der Waals surface area contributed by atoms with Crippen LogP contribution in [0.2, 0.25) is 0 Å². The van der Waals surface area contributed by atoms with Crippen LogP contribution in [0.4, 0.5) is 35.0 Å². The Morgan fingerprint density at radius 1 is 0.842 bits per heavy atom. The van der Waals surface area contributed by atoms with Crippen LogP contribution in [0.5, 0.6) is 0 Å². The molecule has 15 heteroatoms. The van der Waals surface area contributed by atoms with Gasteiger partial charge in [0.15, 0.2) is 0 Å². The summed E-state index contributed by atoms with van der Waals surface area (Å²) in [6.07, 6.45) is -1.63. The summed E-state index contributed by atoms with van der Waals surface area (Å²) >= 11 is 0. The topological polar surface area (TPSA) is 109 Å². The first-order chi connectivity index (χ1) is 18.1. The van der Waals surface area contributed by atoms with Crippen LogP contribution in [-0.4, -0.2) is 63.6 Å². The van der Waals surface area contributed by atoms with Gasteiger partial charge in [-0.25, -0.2) is 12.8 Å². The van der Waals surface area contributed by atoms with E-state index in [9.17, 15) is 26.0 Å². The minimum atomic E-state index is -4.56. The van der Waals surface area contributed by atoms with Gasteiger partial charge in [0, 0.05) is 37.9 Å². The molecular weight excluding hydrogens is 528 g/mol. The van der Waals surface area contributed by atoms with Crippen molar-refractivity contribution >= 4 is 27.5 Å². The lowest BCUT2D eigenvalue weighted by molar-refractivity contribution is -0.137. The van der Waals surface area contributed by atoms with Crippen molar-refractivity contribution in [1.29, 1.82) is 0 Å². The lowest BCUT2D eigenvalue weighted by Crippen LogP contribution is -2.49. The van der Waals surface area contributed by atoms with Crippen LogP contribution in [0.15, 0.2) is 72.1 Å². The fourth-order valence-corrected chi connectivity index (χ4v) is 5.28. The van der Waals surface area contributed by atoms with Crippen LogP contribution < -0.4 is 10.2 Å². The molecule has 1 aliphatic rings. The van der Waals surface area contributed by atoms with Crippen LogP contribution in [0.25, 0.3) is 5.82 Å². The van der Waals surface area contributed by atoms with Gasteiger partial charge in [0.25, 0.3) is 0 Å². The second kappa shape index (κ2) is 9.98. The maximum absolute atomic E-state index is 13.3. The molecule has 38 heavy (non-hydrogen) atoms. The predicted molar refractivity (Wildman–Crippen MR) is 129 cm³/mol. The molecule has 0 bridgehead atoms. The monoisotopic (exact) mass is 548 g/mol. The van der Waals surface area contributed by atoms with E-state index in [2.05, 4.69) is 25.5 Å². The summed E-state index contributed by atoms with van der Waals surface area (Å²) in [6.45, 7) is 0.623. The van der Waals surface area contributed by atoms with Gasteiger partial charge >= 0.3 is 6.18 Å². The molecule has 5 rings (SSSR count). The standard InChI is InChI=1S/C23H20F4N8O2S/c24-17-3-5-18(6-4-17)30-20-13-21(34-14-28-29-15-34)32-22(31-20)33-9-11-35(12-10-33)38(36,37)19-7-1-16(2-8-19)23(25,26)27/h1-8,13-15H,9-12H2,(H,30,31,32). The third kappa shape index (κ3) is 5.43. The molecule has 1 N–H and O–H groups in total. The van der Waals surface area contributed by atoms with Gasteiger partial charge in [0.1, 0.15) is 30.1 Å². The highest BCUT2D eigenvalue weighted by Gasteiger charge is 2.33. The molecule has 4 aromatic rings. The number of aromatic nitrogens is 5. The highest BCUT2D eigenvalue weighted by Crippen LogP contribution is 2.30. The van der Waals surface area contributed by atoms with Crippen LogP contribution in [-0.2, 0) is 16.2 Å². The molecule has 2 aromatic heterocycles. The molecule has 10 nitrogen and oxygen atoms in total. The SMILES string of the molecule is O=S(=O)(c1ccc(C(F)(F)F)cc1)N1CCN(c2nc(Nc3ccc(F)cc3)cc(-n3cnnc3)n2)CC1. The minimum absolute atomic E-state index is 0.0737. The number of alkyl halides is 3. The highest BCUT2D eigenvalue weighted by atomic mass is 32.2. The van der Waals surface area contributed by atoms with Crippen molar-refractivity contribution in [3.63, 3.8) is 0 Å². The maximum atomic E-state index is 13.3. The summed E-state index contributed by atoms with van der Waals surface area (Å²) in [6, 6.07) is 10.8. The molecule has 0 aliphatic carbocycles. The molecule has 0 unspecified atom stereocenters. The van der Waals surface area contributed by atoms with Gasteiger partial charge in [-0.2, -0.15) is 27.4 Å². The smallest absolute Gasteiger partial charge is 0.340 e. The van der Waals surface area contributed by atoms with E-state index in [1.54, 1.807) is 27.7 Å². The molecule has 1 fully saturated rings. The zero-order chi connectivity index (χ0) is 26.9. The summed E-state index contributed by atoms with van der Waals surface area (Å²) in [7, 11) is -3.99. The molecule has 0 amide bonds. The number of nitrogens with one attached hydrogen (secondary N) is 1. The van der Waals surface area contributed by atoms with Crippen LogP contribution in [0.3, 0.4) is 0 Å². The Morgan fingerprint density at radius 3 is 2.08 bits per heavy atom. The van der Waals surface area contributed by atoms with Crippen molar-refractivity contribution in [2.24, 2.45) is 0 Å². The Hall–Kier alpha value is -4.11. The first-order valence-electron chi connectivity index (χ1n) is 11.3. The average molecular weight is 549 g/mol. The molecule has 3 heterocycles. The van der Waals surface area contributed by atoms with E-state index in [0.29, 0.717) is 23.3 Å². The molecule has 198 valence electrons. The summed E-state index contributed by atoms with van der Waals surface area (Å²) in [5.41, 5.74) is -0.324. The Balaban J connectivity index is 1.35. The number of anilines is 3. The number of hydrogen-bond acceptors (Lipinski definition) is 8. The third-order valence-corrected chi connectivity index (χ3v) is 7.75. The Morgan fingerprint density at radius 2 is 1.47 bits per heavy atom. The third-order valence-electron chi connectivity index (χ3n) is 5.84. The highest BCUT2D eigenvalue weighted by molar-refractivity contribution is 7.89. The van der Waals surface area contributed by atoms with Crippen molar-refractivity contribution in [3.8, 4) is 5.82 Å². The Bertz CT molecular complexity index is 1500. The van der Waals surface area contributed by atoms with E-state index in [-0.39, 0.29) is 36.9 Å². The first kappa shape index (κ1) is 25.5. The molecule has 0 radical (unpaired) electrons. The molecule has 0 spiro atoms. The van der Waals surface area contributed by atoms with Crippen LogP contribution in [0.1, 0.15) is 5.56 Å². The summed E-state index contributed by atoms with van der Waals surface area (Å²) in [4.78, 5) is 10.7. The average Bonchev–Trinajstić information content (AvgIpc) is 3.45. The molecule has 0 atom stereocenters. The fraction of sp³-hybridized carbons (Fsp3) is 0.217. The van der Waals surface area contributed by atoms with E-state index in [4.69, 9.17) is 0 Å². The maximum Gasteiger partial charge on any atom is 0.416 e. The largest absolute Gasteiger partial charge is 0.416 e. The van der Waals surface area contributed by atoms with E-state index >= 15 is 0 Å². The summed E-state index contributed by atoms with van der Waals surface area (Å²) < 4.78 is 80.7. The number of benzene rings is 2. The van der Waals surface area contributed by atoms with Crippen molar-refractivity contribution in [3.05, 3.63) is 78.6 Å². The first-order valence-corrected chi connectivity index (χ1v) is 12.7. The summed E-state index contributed by atoms with van der Waals surface area (Å²) in [5.74, 6) is 0.787. The number of nitrogens with zero attached hydrogens (tertiary/aromatic N) is 7. The van der Waals surface area contributed by atoms with Crippen LogP contribution >= 0.6 is 0 Å².